The summed E-state index contributed by atoms with van der Waals surface area (Å²) >= 11 is 0. The van der Waals surface area contributed by atoms with Crippen molar-refractivity contribution in [1.29, 1.82) is 0 Å². The summed E-state index contributed by atoms with van der Waals surface area (Å²) in [6.45, 7) is 0. The molecule has 0 spiro atoms. The van der Waals surface area contributed by atoms with E-state index in [0.29, 0.717) is 5.82 Å². The second-order valence-corrected chi connectivity index (χ2v) is 14.1. The van der Waals surface area contributed by atoms with E-state index >= 15 is 0 Å². The van der Waals surface area contributed by atoms with E-state index in [1.54, 1.807) is 0 Å². The number of aromatic nitrogens is 2. The molecule has 0 atom stereocenters. The van der Waals surface area contributed by atoms with Crippen LogP contribution >= 0.6 is 0 Å². The average molecular weight is 717 g/mol. The van der Waals surface area contributed by atoms with Gasteiger partial charge < -0.3 is 4.74 Å². The number of hydrogen-bond donors (Lipinski definition) is 0. The largest absolute Gasteiger partial charge is 0.457 e. The molecule has 0 amide bonds. The van der Waals surface area contributed by atoms with Crippen LogP contribution in [0.2, 0.25) is 0 Å². The molecule has 0 aliphatic carbocycles. The van der Waals surface area contributed by atoms with Crippen molar-refractivity contribution in [3.8, 4) is 67.7 Å². The van der Waals surface area contributed by atoms with E-state index in [0.717, 1.165) is 73.0 Å². The molecule has 0 N–H and O–H groups in total. The van der Waals surface area contributed by atoms with Crippen LogP contribution in [-0.2, 0) is 5.41 Å². The summed E-state index contributed by atoms with van der Waals surface area (Å²) in [6.07, 6.45) is 0. The Hall–Kier alpha value is -7.36. The number of nitrogens with zero attached hydrogens (tertiary/aromatic N) is 2. The first kappa shape index (κ1) is 33.2. The zero-order valence-corrected chi connectivity index (χ0v) is 30.6. The summed E-state index contributed by atoms with van der Waals surface area (Å²) in [5.74, 6) is 2.44. The molecule has 0 bridgehead atoms. The molecule has 9 aromatic rings. The summed E-state index contributed by atoms with van der Waals surface area (Å²) < 4.78 is 6.55. The fourth-order valence-electron chi connectivity index (χ4n) is 8.21. The summed E-state index contributed by atoms with van der Waals surface area (Å²) in [4.78, 5) is 10.2. The van der Waals surface area contributed by atoms with Crippen molar-refractivity contribution < 1.29 is 4.74 Å². The number of rotatable bonds is 7. The molecule has 56 heavy (non-hydrogen) atoms. The second kappa shape index (κ2) is 14.1. The zero-order chi connectivity index (χ0) is 37.3. The Labute approximate surface area is 327 Å². The number of fused-ring (bicyclic) bond motifs is 2. The molecule has 2 heterocycles. The third-order valence-corrected chi connectivity index (χ3v) is 10.8. The Kier molecular flexibility index (Phi) is 8.38. The molecule has 1 aliphatic rings. The van der Waals surface area contributed by atoms with E-state index in [-0.39, 0.29) is 0 Å². The van der Waals surface area contributed by atoms with Crippen LogP contribution in [0.3, 0.4) is 0 Å². The first-order valence-electron chi connectivity index (χ1n) is 19.0. The molecule has 0 saturated carbocycles. The van der Waals surface area contributed by atoms with Gasteiger partial charge in [-0.05, 0) is 69.8 Å². The Bertz CT molecular complexity index is 2730. The third kappa shape index (κ3) is 5.87. The lowest BCUT2D eigenvalue weighted by molar-refractivity contribution is 0.434. The first-order chi connectivity index (χ1) is 27.7. The fourth-order valence-corrected chi connectivity index (χ4v) is 8.21. The van der Waals surface area contributed by atoms with Gasteiger partial charge in [-0.2, -0.15) is 0 Å². The minimum Gasteiger partial charge on any atom is -0.457 e. The van der Waals surface area contributed by atoms with E-state index in [1.807, 2.05) is 48.5 Å². The Morgan fingerprint density at radius 1 is 0.304 bits per heavy atom. The lowest BCUT2D eigenvalue weighted by Gasteiger charge is -2.41. The highest BCUT2D eigenvalue weighted by Gasteiger charge is 2.45. The van der Waals surface area contributed by atoms with Gasteiger partial charge in [0.1, 0.15) is 11.5 Å². The fraction of sp³-hybridized carbons (Fsp3) is 0.0189. The van der Waals surface area contributed by atoms with Gasteiger partial charge >= 0.3 is 0 Å². The van der Waals surface area contributed by atoms with Crippen LogP contribution in [0.5, 0.6) is 11.5 Å². The standard InChI is InChI=1S/C53H36N2O/c1-4-17-37(18-5-1)48-36-49(38-19-6-2-7-20-38)55-52(54-48)43-25-15-23-41(34-43)39-21-14-22-40(33-39)42-24-16-28-45(35-42)53(44-26-8-3-9-27-44)46-29-10-12-31-50(46)56-51-32-13-11-30-47(51)53/h1-36H. The van der Waals surface area contributed by atoms with E-state index in [4.69, 9.17) is 14.7 Å². The minimum atomic E-state index is -0.582. The van der Waals surface area contributed by atoms with Crippen LogP contribution in [0.1, 0.15) is 22.3 Å². The molecular weight excluding hydrogens is 681 g/mol. The molecule has 264 valence electrons. The maximum Gasteiger partial charge on any atom is 0.160 e. The molecule has 0 radical (unpaired) electrons. The molecule has 1 aliphatic heterocycles. The molecular formula is C53H36N2O. The van der Waals surface area contributed by atoms with Gasteiger partial charge in [0.05, 0.1) is 16.8 Å². The Morgan fingerprint density at radius 2 is 0.696 bits per heavy atom. The summed E-state index contributed by atoms with van der Waals surface area (Å²) in [6, 6.07) is 76.8. The number of ether oxygens (including phenoxy) is 1. The highest BCUT2D eigenvalue weighted by molar-refractivity contribution is 5.79. The highest BCUT2D eigenvalue weighted by atomic mass is 16.5. The summed E-state index contributed by atoms with van der Waals surface area (Å²) in [5.41, 5.74) is 13.4. The Morgan fingerprint density at radius 3 is 1.25 bits per heavy atom. The van der Waals surface area contributed by atoms with Crippen LogP contribution in [0.25, 0.3) is 56.2 Å². The van der Waals surface area contributed by atoms with Crippen molar-refractivity contribution >= 4 is 0 Å². The molecule has 0 saturated heterocycles. The van der Waals surface area contributed by atoms with E-state index < -0.39 is 5.41 Å². The van der Waals surface area contributed by atoms with Crippen molar-refractivity contribution in [2.45, 2.75) is 5.41 Å². The minimum absolute atomic E-state index is 0.582. The van der Waals surface area contributed by atoms with Crippen LogP contribution in [-0.4, -0.2) is 9.97 Å². The molecule has 3 nitrogen and oxygen atoms in total. The predicted molar refractivity (Wildman–Crippen MR) is 228 cm³/mol. The van der Waals surface area contributed by atoms with Gasteiger partial charge in [-0.25, -0.2) is 9.97 Å². The molecule has 0 unspecified atom stereocenters. The van der Waals surface area contributed by atoms with Crippen LogP contribution in [0, 0.1) is 0 Å². The molecule has 1 aromatic heterocycles. The van der Waals surface area contributed by atoms with Gasteiger partial charge in [-0.3, -0.25) is 0 Å². The predicted octanol–water partition coefficient (Wildman–Crippen LogP) is 13.3. The number of para-hydroxylation sites is 2. The third-order valence-electron chi connectivity index (χ3n) is 10.8. The lowest BCUT2D eigenvalue weighted by Crippen LogP contribution is -2.34. The maximum atomic E-state index is 6.55. The van der Waals surface area contributed by atoms with E-state index in [2.05, 4.69) is 170 Å². The number of hydrogen-bond acceptors (Lipinski definition) is 3. The highest BCUT2D eigenvalue weighted by Crippen LogP contribution is 2.55. The van der Waals surface area contributed by atoms with Crippen LogP contribution in [0.15, 0.2) is 218 Å². The van der Waals surface area contributed by atoms with Gasteiger partial charge in [0, 0.05) is 27.8 Å². The first-order valence-corrected chi connectivity index (χ1v) is 19.0. The topological polar surface area (TPSA) is 35.0 Å². The monoisotopic (exact) mass is 716 g/mol. The normalized spacial score (nSPS) is 12.6. The molecule has 3 heteroatoms. The van der Waals surface area contributed by atoms with Crippen molar-refractivity contribution in [3.63, 3.8) is 0 Å². The molecule has 8 aromatic carbocycles. The summed E-state index contributed by atoms with van der Waals surface area (Å²) in [7, 11) is 0. The number of benzene rings is 8. The Balaban J connectivity index is 1.07. The smallest absolute Gasteiger partial charge is 0.160 e. The van der Waals surface area contributed by atoms with E-state index in [9.17, 15) is 0 Å². The zero-order valence-electron chi connectivity index (χ0n) is 30.6. The van der Waals surface area contributed by atoms with Crippen molar-refractivity contribution in [2.24, 2.45) is 0 Å². The maximum absolute atomic E-state index is 6.55. The lowest BCUT2D eigenvalue weighted by atomic mass is 9.63. The van der Waals surface area contributed by atoms with E-state index in [1.165, 1.54) is 11.1 Å². The van der Waals surface area contributed by atoms with Gasteiger partial charge in [-0.1, -0.05) is 182 Å². The van der Waals surface area contributed by atoms with Crippen molar-refractivity contribution in [1.82, 2.24) is 9.97 Å². The van der Waals surface area contributed by atoms with Gasteiger partial charge in [0.25, 0.3) is 0 Å². The van der Waals surface area contributed by atoms with Crippen molar-refractivity contribution in [3.05, 3.63) is 241 Å². The van der Waals surface area contributed by atoms with Gasteiger partial charge in [0.15, 0.2) is 5.82 Å². The molecule has 0 fully saturated rings. The van der Waals surface area contributed by atoms with Crippen LogP contribution < -0.4 is 4.74 Å². The average Bonchev–Trinajstić information content (AvgIpc) is 3.29. The molecule has 10 rings (SSSR count). The van der Waals surface area contributed by atoms with Crippen LogP contribution in [0.4, 0.5) is 0 Å². The van der Waals surface area contributed by atoms with Gasteiger partial charge in [0.2, 0.25) is 0 Å². The second-order valence-electron chi connectivity index (χ2n) is 14.1. The van der Waals surface area contributed by atoms with Crippen molar-refractivity contribution in [2.75, 3.05) is 0 Å². The summed E-state index contributed by atoms with van der Waals surface area (Å²) in [5, 5.41) is 0. The SMILES string of the molecule is c1ccc(-c2cc(-c3ccccc3)nc(-c3cccc(-c4cccc(-c5cccc(C6(c7ccccc7)c7ccccc7Oc7ccccc76)c5)c4)c3)n2)cc1. The van der Waals surface area contributed by atoms with Gasteiger partial charge in [-0.15, -0.1) is 0 Å². The quantitative estimate of drug-likeness (QED) is 0.165.